The quantitative estimate of drug-likeness (QED) is 0.382. The van der Waals surface area contributed by atoms with Crippen LogP contribution < -0.4 is 34.5 Å². The second-order valence-corrected chi connectivity index (χ2v) is 11.3. The van der Waals surface area contributed by atoms with Gasteiger partial charge < -0.3 is 21.3 Å². The summed E-state index contributed by atoms with van der Waals surface area (Å²) < 4.78 is 25.3. The van der Waals surface area contributed by atoms with E-state index in [2.05, 4.69) is 63.6 Å². The standard InChI is InChI=1S/C27H43N2O.Na.O3S/c1-5-29-16-14-21(15-17-29)25(20-10-12-23(13-11-20)28(3)4)26-24-9-7-6-8-22(24)18-19(2)27(26)30;;1-4(2)3/h6,10-13,19,21-24,26-27,30H,5,7-9,14-18H2,1-4H3;;/q-1;+1;/p+1. The maximum Gasteiger partial charge on any atom is 1.00 e. The van der Waals surface area contributed by atoms with E-state index in [4.69, 9.17) is 12.6 Å². The average molecular weight is 516 g/mol. The summed E-state index contributed by atoms with van der Waals surface area (Å²) in [4.78, 5) is 4.04. The van der Waals surface area contributed by atoms with Crippen LogP contribution in [0.15, 0.2) is 35.5 Å². The zero-order valence-electron chi connectivity index (χ0n) is 22.3. The molecule has 3 aliphatic carbocycles. The van der Waals surface area contributed by atoms with E-state index < -0.39 is 10.6 Å². The molecule has 1 saturated heterocycles. The second kappa shape index (κ2) is 14.6. The Morgan fingerprint density at radius 3 is 2.29 bits per heavy atom. The summed E-state index contributed by atoms with van der Waals surface area (Å²) in [7, 11) is 1.34. The molecule has 0 bridgehead atoms. The molecule has 2 saturated carbocycles. The maximum absolute atomic E-state index is 11.5. The van der Waals surface area contributed by atoms with Crippen molar-refractivity contribution in [3.63, 3.8) is 0 Å². The van der Waals surface area contributed by atoms with Gasteiger partial charge in [0.1, 0.15) is 6.04 Å². The topological polar surface area (TPSA) is 79.1 Å². The third-order valence-electron chi connectivity index (χ3n) is 8.67. The van der Waals surface area contributed by atoms with Crippen LogP contribution in [0.25, 0.3) is 0 Å². The van der Waals surface area contributed by atoms with Gasteiger partial charge in [-0.3, -0.25) is 0 Å². The molecule has 0 amide bonds. The van der Waals surface area contributed by atoms with Crippen LogP contribution in [0.5, 0.6) is 0 Å². The maximum atomic E-state index is 11.5. The minimum atomic E-state index is -3.11. The van der Waals surface area contributed by atoms with E-state index in [0.29, 0.717) is 29.7 Å². The number of fused-ring (bicyclic) bond motifs is 1. The predicted octanol–water partition coefficient (Wildman–Crippen LogP) is -0.709. The molecule has 1 aliphatic heterocycles. The van der Waals surface area contributed by atoms with E-state index in [1.807, 2.05) is 0 Å². The molecule has 5 atom stereocenters. The monoisotopic (exact) mass is 515 g/mol. The first-order valence-corrected chi connectivity index (χ1v) is 14.1. The molecule has 6 nitrogen and oxygen atoms in total. The van der Waals surface area contributed by atoms with Gasteiger partial charge in [-0.1, -0.05) is 43.9 Å². The number of rotatable bonds is 4. The average Bonchev–Trinajstić information content (AvgIpc) is 2.82. The van der Waals surface area contributed by atoms with Crippen LogP contribution in [0.4, 0.5) is 0 Å². The van der Waals surface area contributed by atoms with Crippen LogP contribution >= 0.6 is 0 Å². The minimum Gasteiger partial charge on any atom is -0.392 e. The van der Waals surface area contributed by atoms with E-state index >= 15 is 0 Å². The molecule has 2 N–H and O–H groups in total. The minimum absolute atomic E-state index is 0. The summed E-state index contributed by atoms with van der Waals surface area (Å²) >= 11 is 0. The normalized spacial score (nSPS) is 33.4. The second-order valence-electron chi connectivity index (χ2n) is 10.9. The van der Waals surface area contributed by atoms with E-state index in [1.54, 1.807) is 5.57 Å². The Morgan fingerprint density at radius 1 is 1.14 bits per heavy atom. The van der Waals surface area contributed by atoms with Gasteiger partial charge in [0.05, 0.1) is 20.2 Å². The number of hydrogen-bond acceptors (Lipinski definition) is 5. The van der Waals surface area contributed by atoms with Crippen molar-refractivity contribution in [2.45, 2.75) is 64.5 Å². The number of aliphatic hydroxyl groups excluding tert-OH is 1. The Balaban J connectivity index is 0.000000804. The van der Waals surface area contributed by atoms with Gasteiger partial charge in [-0.25, -0.2) is 0 Å². The number of quaternary nitrogens is 1. The Morgan fingerprint density at radius 2 is 1.74 bits per heavy atom. The Bertz CT molecular complexity index is 855. The van der Waals surface area contributed by atoms with Crippen molar-refractivity contribution in [3.8, 4) is 0 Å². The van der Waals surface area contributed by atoms with Crippen LogP contribution in [-0.4, -0.2) is 68.5 Å². The molecule has 0 aromatic heterocycles. The van der Waals surface area contributed by atoms with Gasteiger partial charge in [0, 0.05) is 5.92 Å². The zero-order valence-corrected chi connectivity index (χ0v) is 25.1. The Labute approximate surface area is 236 Å². The predicted molar refractivity (Wildman–Crippen MR) is 135 cm³/mol. The summed E-state index contributed by atoms with van der Waals surface area (Å²) in [6.45, 7) is 8.15. The van der Waals surface area contributed by atoms with Crippen LogP contribution in [0, 0.1) is 36.0 Å². The Kier molecular flexibility index (Phi) is 12.9. The summed E-state index contributed by atoms with van der Waals surface area (Å²) in [6, 6.07) is 0.462. The van der Waals surface area contributed by atoms with Crippen molar-refractivity contribution in [1.29, 1.82) is 0 Å². The summed E-state index contributed by atoms with van der Waals surface area (Å²) in [5, 5.41) is 11.5. The molecule has 8 heteroatoms. The van der Waals surface area contributed by atoms with Crippen LogP contribution in [0.2, 0.25) is 0 Å². The molecule has 35 heavy (non-hydrogen) atoms. The number of piperidine rings is 1. The first-order valence-electron chi connectivity index (χ1n) is 13.1. The van der Waals surface area contributed by atoms with E-state index in [-0.39, 0.29) is 35.7 Å². The molecular formula is C27H44N2NaO4S+. The molecule has 4 aliphatic rings. The molecule has 0 radical (unpaired) electrons. The fourth-order valence-electron chi connectivity index (χ4n) is 6.81. The summed E-state index contributed by atoms with van der Waals surface area (Å²) in [5.74, 6) is 2.80. The number of aliphatic hydroxyl groups is 1. The van der Waals surface area contributed by atoms with Gasteiger partial charge in [0.25, 0.3) is 0 Å². The number of hydrogen-bond donors (Lipinski definition) is 2. The number of allylic oxidation sites excluding steroid dienone is 3. The third kappa shape index (κ3) is 8.10. The van der Waals surface area contributed by atoms with E-state index in [0.717, 1.165) is 12.5 Å². The van der Waals surface area contributed by atoms with Crippen LogP contribution in [0.3, 0.4) is 0 Å². The third-order valence-corrected chi connectivity index (χ3v) is 8.67. The fourth-order valence-corrected chi connectivity index (χ4v) is 6.81. The fraction of sp³-hybridized carbons (Fsp3) is 0.741. The van der Waals surface area contributed by atoms with Crippen LogP contribution in [-0.2, 0) is 10.6 Å². The van der Waals surface area contributed by atoms with Crippen molar-refractivity contribution >= 4 is 10.6 Å². The van der Waals surface area contributed by atoms with Gasteiger partial charge in [0.2, 0.25) is 0 Å². The SMILES string of the molecule is CCN1CCC(C(=C2C=CC([NH+](C)C)C=C2)C2C(O)C(C)CC3C[CH-]CCC32)CC1.O=S(=O)=O.[Na+]. The molecule has 4 rings (SSSR count). The molecular weight excluding hydrogens is 471 g/mol. The van der Waals surface area contributed by atoms with Gasteiger partial charge >= 0.3 is 40.2 Å². The zero-order chi connectivity index (χ0) is 24.8. The number of nitrogens with zero attached hydrogens (tertiary/aromatic N) is 1. The molecule has 192 valence electrons. The van der Waals surface area contributed by atoms with Crippen LogP contribution in [0.1, 0.15) is 52.4 Å². The summed E-state index contributed by atoms with van der Waals surface area (Å²) in [6.07, 6.45) is 19.3. The van der Waals surface area contributed by atoms with Gasteiger partial charge in [-0.05, 0) is 74.4 Å². The molecule has 0 spiro atoms. The van der Waals surface area contributed by atoms with Crippen molar-refractivity contribution in [1.82, 2.24) is 4.90 Å². The smallest absolute Gasteiger partial charge is 0.392 e. The number of likely N-dealkylation sites (tertiary alicyclic amines) is 1. The van der Waals surface area contributed by atoms with Crippen molar-refractivity contribution in [2.75, 3.05) is 33.7 Å². The first-order chi connectivity index (χ1) is 16.2. The number of likely N-dealkylation sites (N-methyl/N-ethyl adjacent to an activating group) is 1. The van der Waals surface area contributed by atoms with Gasteiger partial charge in [0.15, 0.2) is 0 Å². The van der Waals surface area contributed by atoms with Gasteiger partial charge in [-0.15, -0.1) is 12.6 Å². The molecule has 0 aromatic rings. The molecule has 1 heterocycles. The molecule has 5 unspecified atom stereocenters. The van der Waals surface area contributed by atoms with E-state index in [9.17, 15) is 5.11 Å². The van der Waals surface area contributed by atoms with Crippen molar-refractivity contribution in [2.24, 2.45) is 29.6 Å². The molecule has 3 fully saturated rings. The Hall–Kier alpha value is -0.280. The van der Waals surface area contributed by atoms with E-state index in [1.165, 1.54) is 62.1 Å². The first kappa shape index (κ1) is 30.9. The van der Waals surface area contributed by atoms with Crippen molar-refractivity contribution in [3.05, 3.63) is 41.9 Å². The van der Waals surface area contributed by atoms with Gasteiger partial charge in [-0.2, -0.15) is 12.8 Å². The molecule has 0 aromatic carbocycles. The summed E-state index contributed by atoms with van der Waals surface area (Å²) in [5.41, 5.74) is 3.04. The van der Waals surface area contributed by atoms with Crippen molar-refractivity contribution < 1.29 is 52.2 Å². The number of nitrogens with one attached hydrogen (secondary N) is 1. The largest absolute Gasteiger partial charge is 1.00 e.